The third kappa shape index (κ3) is 8.51. The topological polar surface area (TPSA) is 95.9 Å². The van der Waals surface area contributed by atoms with Crippen LogP contribution < -0.4 is 5.32 Å². The second-order valence-corrected chi connectivity index (χ2v) is 4.87. The Balaban J connectivity index is 4.00. The second kappa shape index (κ2) is 6.95. The molecule has 0 aromatic carbocycles. The van der Waals surface area contributed by atoms with Gasteiger partial charge in [-0.25, -0.2) is 4.79 Å². The third-order valence-corrected chi connectivity index (χ3v) is 1.72. The number of carbonyl (C=O) groups excluding carboxylic acids is 2. The summed E-state index contributed by atoms with van der Waals surface area (Å²) in [7, 11) is 1.45. The van der Waals surface area contributed by atoms with Gasteiger partial charge in [0.2, 0.25) is 0 Å². The van der Waals surface area contributed by atoms with Crippen LogP contribution in [0.15, 0.2) is 0 Å². The maximum Gasteiger partial charge on any atom is 0.410 e. The van der Waals surface area contributed by atoms with E-state index in [1.54, 1.807) is 20.8 Å². The fourth-order valence-electron chi connectivity index (χ4n) is 1.03. The molecule has 104 valence electrons. The Morgan fingerprint density at radius 2 is 1.78 bits per heavy atom. The molecule has 7 heteroatoms. The van der Waals surface area contributed by atoms with E-state index in [9.17, 15) is 14.4 Å². The van der Waals surface area contributed by atoms with Crippen molar-refractivity contribution in [3.63, 3.8) is 0 Å². The van der Waals surface area contributed by atoms with Gasteiger partial charge in [0, 0.05) is 7.05 Å². The standard InChI is InChI=1S/C11H20N2O5/c1-11(2,3)18-10(17)13(4)7-8(14)5-12-6-9(15)16/h12H,5-7H2,1-4H3,(H,15,16). The highest BCUT2D eigenvalue weighted by Crippen LogP contribution is 2.08. The van der Waals surface area contributed by atoms with Gasteiger partial charge in [-0.05, 0) is 20.8 Å². The van der Waals surface area contributed by atoms with Gasteiger partial charge in [-0.2, -0.15) is 0 Å². The van der Waals surface area contributed by atoms with Crippen molar-refractivity contribution in [1.82, 2.24) is 10.2 Å². The summed E-state index contributed by atoms with van der Waals surface area (Å²) in [5.74, 6) is -1.33. The molecule has 2 N–H and O–H groups in total. The van der Waals surface area contributed by atoms with Gasteiger partial charge in [0.25, 0.3) is 0 Å². The van der Waals surface area contributed by atoms with E-state index < -0.39 is 17.7 Å². The van der Waals surface area contributed by atoms with Crippen molar-refractivity contribution in [3.8, 4) is 0 Å². The van der Waals surface area contributed by atoms with Crippen LogP contribution in [-0.2, 0) is 14.3 Å². The number of nitrogens with one attached hydrogen (secondary N) is 1. The number of ketones is 1. The number of ether oxygens (including phenoxy) is 1. The van der Waals surface area contributed by atoms with Gasteiger partial charge in [-0.15, -0.1) is 0 Å². The molecule has 0 aliphatic heterocycles. The quantitative estimate of drug-likeness (QED) is 0.703. The first kappa shape index (κ1) is 16.4. The van der Waals surface area contributed by atoms with E-state index in [0.29, 0.717) is 0 Å². The van der Waals surface area contributed by atoms with Gasteiger partial charge in [-0.1, -0.05) is 0 Å². The number of likely N-dealkylation sites (N-methyl/N-ethyl adjacent to an activating group) is 1. The van der Waals surface area contributed by atoms with Gasteiger partial charge < -0.3 is 20.1 Å². The van der Waals surface area contributed by atoms with Crippen LogP contribution in [0.25, 0.3) is 0 Å². The molecule has 0 fully saturated rings. The smallest absolute Gasteiger partial charge is 0.410 e. The van der Waals surface area contributed by atoms with E-state index in [-0.39, 0.29) is 25.4 Å². The van der Waals surface area contributed by atoms with Crippen molar-refractivity contribution in [1.29, 1.82) is 0 Å². The second-order valence-electron chi connectivity index (χ2n) is 4.87. The molecule has 0 heterocycles. The van der Waals surface area contributed by atoms with Crippen LogP contribution in [0.3, 0.4) is 0 Å². The van der Waals surface area contributed by atoms with E-state index in [0.717, 1.165) is 4.90 Å². The summed E-state index contributed by atoms with van der Waals surface area (Å²) < 4.78 is 5.06. The zero-order valence-electron chi connectivity index (χ0n) is 11.1. The van der Waals surface area contributed by atoms with Crippen LogP contribution in [0, 0.1) is 0 Å². The van der Waals surface area contributed by atoms with Gasteiger partial charge in [-0.3, -0.25) is 9.59 Å². The molecule has 7 nitrogen and oxygen atoms in total. The third-order valence-electron chi connectivity index (χ3n) is 1.72. The summed E-state index contributed by atoms with van der Waals surface area (Å²) in [6.07, 6.45) is -0.589. The summed E-state index contributed by atoms with van der Waals surface area (Å²) in [5, 5.41) is 10.8. The number of carboxylic acid groups (broad SMARTS) is 1. The van der Waals surface area contributed by atoms with Crippen molar-refractivity contribution in [2.75, 3.05) is 26.7 Å². The Hall–Kier alpha value is -1.63. The highest BCUT2D eigenvalue weighted by molar-refractivity contribution is 5.85. The lowest BCUT2D eigenvalue weighted by atomic mass is 10.2. The summed E-state index contributed by atoms with van der Waals surface area (Å²) >= 11 is 0. The largest absolute Gasteiger partial charge is 0.480 e. The average Bonchev–Trinajstić information content (AvgIpc) is 2.13. The number of hydrogen-bond donors (Lipinski definition) is 2. The fourth-order valence-corrected chi connectivity index (χ4v) is 1.03. The van der Waals surface area contributed by atoms with E-state index in [2.05, 4.69) is 5.32 Å². The molecular weight excluding hydrogens is 240 g/mol. The maximum absolute atomic E-state index is 11.5. The molecule has 0 aliphatic rings. The predicted octanol–water partition coefficient (Wildman–Crippen LogP) is 0.0966. The molecule has 0 atom stereocenters. The number of amides is 1. The van der Waals surface area contributed by atoms with Gasteiger partial charge in [0.05, 0.1) is 19.6 Å². The number of Topliss-reactive ketones (excluding diaryl/α,β-unsaturated/α-hetero) is 1. The molecule has 0 radical (unpaired) electrons. The molecular formula is C11H20N2O5. The summed E-state index contributed by atoms with van der Waals surface area (Å²) in [6.45, 7) is 4.68. The zero-order chi connectivity index (χ0) is 14.3. The van der Waals surface area contributed by atoms with Crippen LogP contribution in [-0.4, -0.2) is 60.1 Å². The summed E-state index contributed by atoms with van der Waals surface area (Å²) in [5.41, 5.74) is -0.615. The molecule has 18 heavy (non-hydrogen) atoms. The van der Waals surface area contributed by atoms with Crippen molar-refractivity contribution >= 4 is 17.8 Å². The molecule has 0 saturated carbocycles. The lowest BCUT2D eigenvalue weighted by molar-refractivity contribution is -0.136. The van der Waals surface area contributed by atoms with Gasteiger partial charge in [0.15, 0.2) is 5.78 Å². The van der Waals surface area contributed by atoms with Gasteiger partial charge >= 0.3 is 12.1 Å². The van der Waals surface area contributed by atoms with E-state index >= 15 is 0 Å². The Morgan fingerprint density at radius 3 is 2.22 bits per heavy atom. The van der Waals surface area contributed by atoms with Crippen molar-refractivity contribution in [3.05, 3.63) is 0 Å². The normalized spacial score (nSPS) is 10.9. The molecule has 0 aromatic rings. The minimum Gasteiger partial charge on any atom is -0.480 e. The number of aliphatic carboxylic acids is 1. The minimum absolute atomic E-state index is 0.0978. The molecule has 0 spiro atoms. The van der Waals surface area contributed by atoms with E-state index in [1.165, 1.54) is 7.05 Å². The number of hydrogen-bond acceptors (Lipinski definition) is 5. The molecule has 0 aliphatic carbocycles. The number of nitrogens with zero attached hydrogens (tertiary/aromatic N) is 1. The SMILES string of the molecule is CN(CC(=O)CNCC(=O)O)C(=O)OC(C)(C)C. The van der Waals surface area contributed by atoms with Crippen molar-refractivity contribution in [2.24, 2.45) is 0 Å². The lowest BCUT2D eigenvalue weighted by Crippen LogP contribution is -2.40. The zero-order valence-corrected chi connectivity index (χ0v) is 11.1. The van der Waals surface area contributed by atoms with Crippen molar-refractivity contribution < 1.29 is 24.2 Å². The van der Waals surface area contributed by atoms with Crippen LogP contribution in [0.4, 0.5) is 4.79 Å². The van der Waals surface area contributed by atoms with E-state index in [1.807, 2.05) is 0 Å². The van der Waals surface area contributed by atoms with Crippen LogP contribution in [0.2, 0.25) is 0 Å². The van der Waals surface area contributed by atoms with E-state index in [4.69, 9.17) is 9.84 Å². The highest BCUT2D eigenvalue weighted by Gasteiger charge is 2.20. The molecule has 1 amide bonds. The Bertz CT molecular complexity index is 322. The summed E-state index contributed by atoms with van der Waals surface area (Å²) in [4.78, 5) is 34.3. The lowest BCUT2D eigenvalue weighted by Gasteiger charge is -2.24. The van der Waals surface area contributed by atoms with Gasteiger partial charge in [0.1, 0.15) is 5.60 Å². The minimum atomic E-state index is -1.04. The fraction of sp³-hybridized carbons (Fsp3) is 0.727. The first-order valence-electron chi connectivity index (χ1n) is 5.50. The number of carbonyl (C=O) groups is 3. The number of carboxylic acids is 1. The molecule has 0 saturated heterocycles. The van der Waals surface area contributed by atoms with Crippen LogP contribution >= 0.6 is 0 Å². The summed E-state index contributed by atoms with van der Waals surface area (Å²) in [6, 6.07) is 0. The van der Waals surface area contributed by atoms with Crippen LogP contribution in [0.1, 0.15) is 20.8 Å². The average molecular weight is 260 g/mol. The maximum atomic E-state index is 11.5. The molecule has 0 bridgehead atoms. The monoisotopic (exact) mass is 260 g/mol. The molecule has 0 unspecified atom stereocenters. The highest BCUT2D eigenvalue weighted by atomic mass is 16.6. The van der Waals surface area contributed by atoms with Crippen molar-refractivity contribution in [2.45, 2.75) is 26.4 Å². The Morgan fingerprint density at radius 1 is 1.22 bits per heavy atom. The number of rotatable bonds is 6. The van der Waals surface area contributed by atoms with Crippen LogP contribution in [0.5, 0.6) is 0 Å². The molecule has 0 rings (SSSR count). The first-order valence-corrected chi connectivity index (χ1v) is 5.50. The molecule has 0 aromatic heterocycles. The Labute approximate surface area is 106 Å². The Kier molecular flexibility index (Phi) is 6.32. The predicted molar refractivity (Wildman–Crippen MR) is 64.4 cm³/mol. The first-order chi connectivity index (χ1) is 8.11.